The first kappa shape index (κ1) is 22.1. The highest BCUT2D eigenvalue weighted by Gasteiger charge is 2.28. The molecule has 0 saturated carbocycles. The molecule has 1 amide bonds. The number of ether oxygens (including phenoxy) is 1. The quantitative estimate of drug-likeness (QED) is 0.528. The molecule has 0 unspecified atom stereocenters. The van der Waals surface area contributed by atoms with E-state index in [1.807, 2.05) is 48.5 Å². The fourth-order valence-electron chi connectivity index (χ4n) is 3.22. The van der Waals surface area contributed by atoms with Gasteiger partial charge in [0.25, 0.3) is 5.91 Å². The van der Waals surface area contributed by atoms with Crippen molar-refractivity contribution in [2.75, 3.05) is 25.6 Å². The number of carbonyl (C=O) groups excluding carboxylic acids is 2. The van der Waals surface area contributed by atoms with E-state index in [2.05, 4.69) is 0 Å². The van der Waals surface area contributed by atoms with E-state index in [0.29, 0.717) is 0 Å². The predicted octanol–water partition coefficient (Wildman–Crippen LogP) is 3.92. The first-order valence-electron chi connectivity index (χ1n) is 9.67. The number of hydrogen-bond acceptors (Lipinski definition) is 6. The second-order valence-corrected chi connectivity index (χ2v) is 10.4. The molecule has 0 spiro atoms. The molecule has 0 N–H and O–H groups in total. The van der Waals surface area contributed by atoms with Crippen molar-refractivity contribution in [3.63, 3.8) is 0 Å². The molecule has 1 aliphatic rings. The molecular formula is C23H20N2O5S2. The summed E-state index contributed by atoms with van der Waals surface area (Å²) >= 11 is 1.58. The van der Waals surface area contributed by atoms with Crippen LogP contribution in [0.5, 0.6) is 0 Å². The summed E-state index contributed by atoms with van der Waals surface area (Å²) in [6.45, 7) is -0.454. The second-order valence-electron chi connectivity index (χ2n) is 7.15. The molecule has 7 nitrogen and oxygen atoms in total. The van der Waals surface area contributed by atoms with Gasteiger partial charge in [-0.2, -0.15) is 0 Å². The smallest absolute Gasteiger partial charge is 0.338 e. The summed E-state index contributed by atoms with van der Waals surface area (Å²) < 4.78 is 30.7. The average Bonchev–Trinajstić information content (AvgIpc) is 2.80. The molecule has 0 saturated heterocycles. The number of fused-ring (bicyclic) bond motifs is 2. The maximum absolute atomic E-state index is 13.1. The minimum atomic E-state index is -3.60. The maximum Gasteiger partial charge on any atom is 0.338 e. The lowest BCUT2D eigenvalue weighted by atomic mass is 10.2. The van der Waals surface area contributed by atoms with Crippen molar-refractivity contribution >= 4 is 45.0 Å². The van der Waals surface area contributed by atoms with E-state index < -0.39 is 22.6 Å². The first-order valence-corrected chi connectivity index (χ1v) is 11.9. The normalized spacial score (nSPS) is 12.8. The SMILES string of the molecule is CN(C)S(=O)(=O)c1ccc(C(=O)OCC(=O)N2c3ccccc3Sc3ccccc32)cc1. The van der Waals surface area contributed by atoms with E-state index in [1.165, 1.54) is 38.4 Å². The Kier molecular flexibility index (Phi) is 6.05. The van der Waals surface area contributed by atoms with Crippen LogP contribution in [-0.2, 0) is 19.6 Å². The van der Waals surface area contributed by atoms with Gasteiger partial charge in [0.2, 0.25) is 10.0 Å². The number of carbonyl (C=O) groups is 2. The molecule has 32 heavy (non-hydrogen) atoms. The largest absolute Gasteiger partial charge is 0.452 e. The molecule has 0 radical (unpaired) electrons. The van der Waals surface area contributed by atoms with Gasteiger partial charge in [0.15, 0.2) is 6.61 Å². The van der Waals surface area contributed by atoms with Crippen molar-refractivity contribution in [2.24, 2.45) is 0 Å². The van der Waals surface area contributed by atoms with Crippen molar-refractivity contribution in [1.82, 2.24) is 4.31 Å². The highest BCUT2D eigenvalue weighted by Crippen LogP contribution is 2.47. The van der Waals surface area contributed by atoms with Crippen molar-refractivity contribution in [2.45, 2.75) is 14.7 Å². The minimum absolute atomic E-state index is 0.0640. The standard InChI is InChI=1S/C23H20N2O5S2/c1-24(2)32(28,29)17-13-11-16(12-14-17)23(27)30-15-22(26)25-18-7-3-5-9-20(18)31-21-10-6-4-8-19(21)25/h3-14H,15H2,1-2H3. The van der Waals surface area contributed by atoms with E-state index in [0.717, 1.165) is 25.5 Å². The molecule has 0 fully saturated rings. The minimum Gasteiger partial charge on any atom is -0.452 e. The van der Waals surface area contributed by atoms with Gasteiger partial charge in [-0.1, -0.05) is 36.0 Å². The number of rotatable bonds is 5. The highest BCUT2D eigenvalue weighted by molar-refractivity contribution is 7.99. The first-order chi connectivity index (χ1) is 15.3. The lowest BCUT2D eigenvalue weighted by Gasteiger charge is -2.30. The van der Waals surface area contributed by atoms with Crippen molar-refractivity contribution < 1.29 is 22.7 Å². The summed E-state index contributed by atoms with van der Waals surface area (Å²) in [6, 6.07) is 20.5. The Morgan fingerprint density at radius 1 is 0.875 bits per heavy atom. The zero-order valence-electron chi connectivity index (χ0n) is 17.4. The highest BCUT2D eigenvalue weighted by atomic mass is 32.2. The van der Waals surface area contributed by atoms with Crippen LogP contribution in [0.3, 0.4) is 0 Å². The van der Waals surface area contributed by atoms with Gasteiger partial charge in [0.1, 0.15) is 0 Å². The molecule has 1 heterocycles. The fourth-order valence-corrected chi connectivity index (χ4v) is 5.18. The van der Waals surface area contributed by atoms with Crippen LogP contribution in [0.4, 0.5) is 11.4 Å². The van der Waals surface area contributed by atoms with Gasteiger partial charge in [0.05, 0.1) is 21.8 Å². The third kappa shape index (κ3) is 4.14. The monoisotopic (exact) mass is 468 g/mol. The molecule has 1 aliphatic heterocycles. The number of esters is 1. The summed E-state index contributed by atoms with van der Waals surface area (Å²) in [5.41, 5.74) is 1.62. The summed E-state index contributed by atoms with van der Waals surface area (Å²) in [6.07, 6.45) is 0. The third-order valence-corrected chi connectivity index (χ3v) is 7.84. The Morgan fingerprint density at radius 2 is 1.41 bits per heavy atom. The van der Waals surface area contributed by atoms with Crippen molar-refractivity contribution in [3.8, 4) is 0 Å². The predicted molar refractivity (Wildman–Crippen MR) is 122 cm³/mol. The molecule has 3 aromatic rings. The van der Waals surface area contributed by atoms with Crippen LogP contribution < -0.4 is 4.90 Å². The molecule has 3 aromatic carbocycles. The van der Waals surface area contributed by atoms with Crippen molar-refractivity contribution in [1.29, 1.82) is 0 Å². The van der Waals surface area contributed by atoms with Crippen molar-refractivity contribution in [3.05, 3.63) is 78.4 Å². The topological polar surface area (TPSA) is 84.0 Å². The Labute approximate surface area is 190 Å². The van der Waals surface area contributed by atoms with Gasteiger partial charge < -0.3 is 4.74 Å². The van der Waals surface area contributed by atoms with E-state index in [1.54, 1.807) is 16.7 Å². The number of benzene rings is 3. The number of nitrogens with zero attached hydrogens (tertiary/aromatic N) is 2. The number of sulfonamides is 1. The number of anilines is 2. The number of hydrogen-bond donors (Lipinski definition) is 0. The molecule has 0 bridgehead atoms. The Bertz CT molecular complexity index is 1240. The summed E-state index contributed by atoms with van der Waals surface area (Å²) in [7, 11) is -0.740. The fraction of sp³-hybridized carbons (Fsp3) is 0.130. The third-order valence-electron chi connectivity index (χ3n) is 4.88. The molecular weight excluding hydrogens is 448 g/mol. The van der Waals surface area contributed by atoms with Gasteiger partial charge in [0, 0.05) is 23.9 Å². The van der Waals surface area contributed by atoms with E-state index in [4.69, 9.17) is 4.74 Å². The van der Waals surface area contributed by atoms with Gasteiger partial charge in [-0.25, -0.2) is 17.5 Å². The molecule has 0 aliphatic carbocycles. The average molecular weight is 469 g/mol. The zero-order chi connectivity index (χ0) is 22.9. The lowest BCUT2D eigenvalue weighted by Crippen LogP contribution is -2.32. The van der Waals surface area contributed by atoms with Crippen LogP contribution in [-0.4, -0.2) is 45.3 Å². The van der Waals surface area contributed by atoms with Crippen LogP contribution >= 0.6 is 11.8 Å². The van der Waals surface area contributed by atoms with Gasteiger partial charge in [-0.05, 0) is 48.5 Å². The van der Waals surface area contributed by atoms with Crippen LogP contribution in [0.2, 0.25) is 0 Å². The lowest BCUT2D eigenvalue weighted by molar-refractivity contribution is -0.121. The van der Waals surface area contributed by atoms with E-state index in [9.17, 15) is 18.0 Å². The summed E-state index contributed by atoms with van der Waals surface area (Å²) in [5.74, 6) is -1.09. The van der Waals surface area contributed by atoms with E-state index >= 15 is 0 Å². The molecule has 0 aromatic heterocycles. The molecule has 4 rings (SSSR count). The molecule has 164 valence electrons. The van der Waals surface area contributed by atoms with Crippen LogP contribution in [0, 0.1) is 0 Å². The van der Waals surface area contributed by atoms with Crippen LogP contribution in [0.25, 0.3) is 0 Å². The van der Waals surface area contributed by atoms with Crippen LogP contribution in [0.15, 0.2) is 87.5 Å². The summed E-state index contributed by atoms with van der Waals surface area (Å²) in [4.78, 5) is 29.0. The summed E-state index contributed by atoms with van der Waals surface area (Å²) in [5, 5.41) is 0. The van der Waals surface area contributed by atoms with E-state index in [-0.39, 0.29) is 16.4 Å². The number of amides is 1. The Balaban J connectivity index is 1.51. The van der Waals surface area contributed by atoms with Crippen LogP contribution in [0.1, 0.15) is 10.4 Å². The van der Waals surface area contributed by atoms with Gasteiger partial charge >= 0.3 is 5.97 Å². The zero-order valence-corrected chi connectivity index (χ0v) is 19.0. The molecule has 9 heteroatoms. The molecule has 0 atom stereocenters. The number of para-hydroxylation sites is 2. The second kappa shape index (κ2) is 8.78. The Morgan fingerprint density at radius 3 is 1.94 bits per heavy atom. The van der Waals surface area contributed by atoms with Gasteiger partial charge in [-0.3, -0.25) is 9.69 Å². The van der Waals surface area contributed by atoms with Gasteiger partial charge in [-0.15, -0.1) is 0 Å². The Hall–Kier alpha value is -3.14. The maximum atomic E-state index is 13.1.